The molecule has 0 atom stereocenters. The molecule has 2 N–H and O–H groups in total. The van der Waals surface area contributed by atoms with Gasteiger partial charge in [-0.25, -0.2) is 12.8 Å². The summed E-state index contributed by atoms with van der Waals surface area (Å²) in [5.41, 5.74) is 1.45. The molecule has 0 spiro atoms. The summed E-state index contributed by atoms with van der Waals surface area (Å²) < 4.78 is 40.7. The van der Waals surface area contributed by atoms with Crippen LogP contribution in [-0.4, -0.2) is 20.4 Å². The number of sulfonamides is 1. The number of nitrogens with one attached hydrogen (secondary N) is 2. The van der Waals surface area contributed by atoms with Gasteiger partial charge in [0.05, 0.1) is 10.6 Å². The number of rotatable bonds is 5. The first-order valence-corrected chi connectivity index (χ1v) is 7.79. The zero-order valence-corrected chi connectivity index (χ0v) is 12.5. The van der Waals surface area contributed by atoms with E-state index in [2.05, 4.69) is 15.0 Å². The van der Waals surface area contributed by atoms with E-state index in [-0.39, 0.29) is 11.4 Å². The first kappa shape index (κ1) is 15.4. The van der Waals surface area contributed by atoms with Crippen molar-refractivity contribution in [2.24, 2.45) is 0 Å². The SMILES string of the molecule is CNCc1cc(S(=O)(=O)Nc2ccncc2C)ccc1F. The fourth-order valence-electron chi connectivity index (χ4n) is 1.84. The average Bonchev–Trinajstić information content (AvgIpc) is 2.44. The van der Waals surface area contributed by atoms with Crippen molar-refractivity contribution in [1.29, 1.82) is 0 Å². The largest absolute Gasteiger partial charge is 0.316 e. The maximum atomic E-state index is 13.6. The molecule has 112 valence electrons. The van der Waals surface area contributed by atoms with Gasteiger partial charge in [-0.15, -0.1) is 0 Å². The Morgan fingerprint density at radius 3 is 2.71 bits per heavy atom. The van der Waals surface area contributed by atoms with Crippen LogP contribution in [0.4, 0.5) is 10.1 Å². The molecule has 0 unspecified atom stereocenters. The number of pyridine rings is 1. The van der Waals surface area contributed by atoms with E-state index in [1.807, 2.05) is 0 Å². The van der Waals surface area contributed by atoms with Gasteiger partial charge >= 0.3 is 0 Å². The molecule has 0 saturated carbocycles. The Hall–Kier alpha value is -1.99. The predicted octanol–water partition coefficient (Wildman–Crippen LogP) is 2.05. The Labute approximate surface area is 123 Å². The summed E-state index contributed by atoms with van der Waals surface area (Å²) in [6, 6.07) is 5.30. The highest BCUT2D eigenvalue weighted by molar-refractivity contribution is 7.92. The molecular formula is C14H16FN3O2S. The van der Waals surface area contributed by atoms with Crippen LogP contribution >= 0.6 is 0 Å². The normalized spacial score (nSPS) is 11.4. The van der Waals surface area contributed by atoms with Gasteiger partial charge in [-0.2, -0.15) is 0 Å². The quantitative estimate of drug-likeness (QED) is 0.887. The molecule has 1 heterocycles. The molecule has 2 aromatic rings. The van der Waals surface area contributed by atoms with E-state index in [0.29, 0.717) is 16.8 Å². The van der Waals surface area contributed by atoms with Crippen LogP contribution in [0.5, 0.6) is 0 Å². The molecule has 1 aromatic carbocycles. The van der Waals surface area contributed by atoms with E-state index in [1.165, 1.54) is 18.3 Å². The fraction of sp³-hybridized carbons (Fsp3) is 0.214. The van der Waals surface area contributed by atoms with Crippen molar-refractivity contribution in [1.82, 2.24) is 10.3 Å². The van der Waals surface area contributed by atoms with Crippen LogP contribution in [0.15, 0.2) is 41.6 Å². The minimum Gasteiger partial charge on any atom is -0.316 e. The second kappa shape index (κ2) is 6.19. The van der Waals surface area contributed by atoms with Gasteiger partial charge in [0.15, 0.2) is 0 Å². The van der Waals surface area contributed by atoms with Crippen molar-refractivity contribution in [3.8, 4) is 0 Å². The third kappa shape index (κ3) is 3.56. The van der Waals surface area contributed by atoms with Gasteiger partial charge in [-0.05, 0) is 43.8 Å². The van der Waals surface area contributed by atoms with E-state index in [0.717, 1.165) is 6.07 Å². The molecule has 0 aliphatic heterocycles. The highest BCUT2D eigenvalue weighted by Gasteiger charge is 2.17. The number of aromatic nitrogens is 1. The molecule has 2 rings (SSSR count). The van der Waals surface area contributed by atoms with Crippen LogP contribution in [0.1, 0.15) is 11.1 Å². The van der Waals surface area contributed by atoms with Crippen molar-refractivity contribution in [2.45, 2.75) is 18.4 Å². The van der Waals surface area contributed by atoms with Gasteiger partial charge in [-0.3, -0.25) is 9.71 Å². The Morgan fingerprint density at radius 2 is 2.05 bits per heavy atom. The monoisotopic (exact) mass is 309 g/mol. The minimum absolute atomic E-state index is 0.0189. The van der Waals surface area contributed by atoms with Gasteiger partial charge in [-0.1, -0.05) is 0 Å². The number of halogens is 1. The van der Waals surface area contributed by atoms with Crippen molar-refractivity contribution in [2.75, 3.05) is 11.8 Å². The summed E-state index contributed by atoms with van der Waals surface area (Å²) >= 11 is 0. The third-order valence-corrected chi connectivity index (χ3v) is 4.32. The first-order chi connectivity index (χ1) is 9.94. The summed E-state index contributed by atoms with van der Waals surface area (Å²) in [5.74, 6) is -0.441. The van der Waals surface area contributed by atoms with E-state index in [4.69, 9.17) is 0 Å². The van der Waals surface area contributed by atoms with Crippen molar-refractivity contribution < 1.29 is 12.8 Å². The van der Waals surface area contributed by atoms with Crippen LogP contribution in [0, 0.1) is 12.7 Å². The number of anilines is 1. The predicted molar refractivity (Wildman–Crippen MR) is 78.9 cm³/mol. The Balaban J connectivity index is 2.36. The molecule has 0 amide bonds. The highest BCUT2D eigenvalue weighted by Crippen LogP contribution is 2.20. The number of aryl methyl sites for hydroxylation is 1. The molecule has 0 radical (unpaired) electrons. The van der Waals surface area contributed by atoms with Crippen LogP contribution < -0.4 is 10.0 Å². The Bertz CT molecular complexity index is 748. The standard InChI is InChI=1S/C14H16FN3O2S/c1-10-8-17-6-5-14(10)18-21(19,20)12-3-4-13(15)11(7-12)9-16-2/h3-8,16H,9H2,1-2H3,(H,17,18). The van der Waals surface area contributed by atoms with Gasteiger partial charge in [0.25, 0.3) is 10.0 Å². The van der Waals surface area contributed by atoms with Crippen LogP contribution in [-0.2, 0) is 16.6 Å². The fourth-order valence-corrected chi connectivity index (χ4v) is 3.02. The van der Waals surface area contributed by atoms with E-state index < -0.39 is 15.8 Å². The zero-order chi connectivity index (χ0) is 15.5. The van der Waals surface area contributed by atoms with E-state index >= 15 is 0 Å². The van der Waals surface area contributed by atoms with Gasteiger partial charge in [0.1, 0.15) is 5.82 Å². The Morgan fingerprint density at radius 1 is 1.29 bits per heavy atom. The first-order valence-electron chi connectivity index (χ1n) is 6.30. The molecule has 0 saturated heterocycles. The summed E-state index contributed by atoms with van der Waals surface area (Å²) in [4.78, 5) is 3.92. The number of nitrogens with zero attached hydrogens (tertiary/aromatic N) is 1. The average molecular weight is 309 g/mol. The van der Waals surface area contributed by atoms with Crippen molar-refractivity contribution in [3.05, 3.63) is 53.6 Å². The summed E-state index contributed by atoms with van der Waals surface area (Å²) in [6.45, 7) is 2.01. The molecule has 5 nitrogen and oxygen atoms in total. The van der Waals surface area contributed by atoms with Gasteiger partial charge in [0.2, 0.25) is 0 Å². The van der Waals surface area contributed by atoms with Crippen LogP contribution in [0.2, 0.25) is 0 Å². The second-order valence-electron chi connectivity index (χ2n) is 4.58. The molecular weight excluding hydrogens is 293 g/mol. The lowest BCUT2D eigenvalue weighted by molar-refractivity contribution is 0.591. The lowest BCUT2D eigenvalue weighted by Gasteiger charge is -2.11. The number of hydrogen-bond donors (Lipinski definition) is 2. The number of benzene rings is 1. The summed E-state index contributed by atoms with van der Waals surface area (Å²) in [5, 5.41) is 2.80. The third-order valence-electron chi connectivity index (χ3n) is 2.96. The zero-order valence-electron chi connectivity index (χ0n) is 11.7. The van der Waals surface area contributed by atoms with E-state index in [9.17, 15) is 12.8 Å². The smallest absolute Gasteiger partial charge is 0.261 e. The molecule has 0 aliphatic rings. The summed E-state index contributed by atoms with van der Waals surface area (Å²) in [7, 11) is -2.10. The highest BCUT2D eigenvalue weighted by atomic mass is 32.2. The van der Waals surface area contributed by atoms with Crippen molar-refractivity contribution >= 4 is 15.7 Å². The molecule has 1 aromatic heterocycles. The molecule has 0 bridgehead atoms. The maximum absolute atomic E-state index is 13.6. The minimum atomic E-state index is -3.77. The molecule has 0 aliphatic carbocycles. The lowest BCUT2D eigenvalue weighted by atomic mass is 10.2. The summed E-state index contributed by atoms with van der Waals surface area (Å²) in [6.07, 6.45) is 3.07. The van der Waals surface area contributed by atoms with Gasteiger partial charge < -0.3 is 5.32 Å². The van der Waals surface area contributed by atoms with Crippen molar-refractivity contribution in [3.63, 3.8) is 0 Å². The lowest BCUT2D eigenvalue weighted by Crippen LogP contribution is -2.15. The molecule has 21 heavy (non-hydrogen) atoms. The topological polar surface area (TPSA) is 71.1 Å². The molecule has 0 fully saturated rings. The number of hydrogen-bond acceptors (Lipinski definition) is 4. The second-order valence-corrected chi connectivity index (χ2v) is 6.26. The van der Waals surface area contributed by atoms with Crippen LogP contribution in [0.3, 0.4) is 0 Å². The Kier molecular flexibility index (Phi) is 4.54. The van der Waals surface area contributed by atoms with Crippen LogP contribution in [0.25, 0.3) is 0 Å². The molecule has 7 heteroatoms. The maximum Gasteiger partial charge on any atom is 0.261 e. The van der Waals surface area contributed by atoms with Gasteiger partial charge in [0, 0.05) is 24.5 Å². The van der Waals surface area contributed by atoms with E-state index in [1.54, 1.807) is 26.2 Å².